The predicted molar refractivity (Wildman–Crippen MR) is 168 cm³/mol. The van der Waals surface area contributed by atoms with Crippen LogP contribution in [-0.4, -0.2) is 44.4 Å². The predicted octanol–water partition coefficient (Wildman–Crippen LogP) is 5.92. The average molecular weight is 586 g/mol. The molecule has 0 saturated heterocycles. The van der Waals surface area contributed by atoms with Gasteiger partial charge in [-0.25, -0.2) is 39.9 Å². The molecule has 214 valence electrons. The summed E-state index contributed by atoms with van der Waals surface area (Å²) < 4.78 is 2.07. The molecule has 0 fully saturated rings. The van der Waals surface area contributed by atoms with Crippen molar-refractivity contribution in [3.63, 3.8) is 0 Å². The van der Waals surface area contributed by atoms with Gasteiger partial charge in [-0.3, -0.25) is 0 Å². The summed E-state index contributed by atoms with van der Waals surface area (Å²) >= 11 is 0. The van der Waals surface area contributed by atoms with E-state index < -0.39 is 0 Å². The number of rotatable bonds is 4. The summed E-state index contributed by atoms with van der Waals surface area (Å²) in [5, 5.41) is 21.5. The van der Waals surface area contributed by atoms with Gasteiger partial charge >= 0.3 is 0 Å². The molecule has 0 radical (unpaired) electrons. The molecule has 7 rings (SSSR count). The quantitative estimate of drug-likeness (QED) is 0.243. The van der Waals surface area contributed by atoms with Crippen molar-refractivity contribution in [3.8, 4) is 52.0 Å². The number of fused-ring (bicyclic) bond motifs is 3. The third kappa shape index (κ3) is 4.88. The summed E-state index contributed by atoms with van der Waals surface area (Å²) in [6.07, 6.45) is 2.93. The number of benzene rings is 3. The van der Waals surface area contributed by atoms with Gasteiger partial charge in [-0.15, -0.1) is 0 Å². The first kappa shape index (κ1) is 27.4. The zero-order valence-corrected chi connectivity index (χ0v) is 24.8. The van der Waals surface area contributed by atoms with E-state index in [1.54, 1.807) is 6.07 Å². The van der Waals surface area contributed by atoms with E-state index >= 15 is 0 Å². The van der Waals surface area contributed by atoms with Crippen molar-refractivity contribution in [2.24, 2.45) is 0 Å². The minimum absolute atomic E-state index is 0.361. The van der Waals surface area contributed by atoms with Crippen molar-refractivity contribution in [3.05, 3.63) is 101 Å². The van der Waals surface area contributed by atoms with Gasteiger partial charge in [0.15, 0.2) is 17.5 Å². The van der Waals surface area contributed by atoms with E-state index in [9.17, 15) is 5.26 Å². The van der Waals surface area contributed by atoms with Crippen LogP contribution in [0.3, 0.4) is 0 Å². The number of aromatic nitrogens is 9. The molecule has 3 aromatic carbocycles. The van der Waals surface area contributed by atoms with Crippen LogP contribution in [-0.2, 0) is 0 Å². The number of nitriles is 2. The maximum absolute atomic E-state index is 10.4. The molecule has 0 unspecified atom stereocenters. The first-order valence-corrected chi connectivity index (χ1v) is 14.1. The van der Waals surface area contributed by atoms with Gasteiger partial charge < -0.3 is 4.57 Å². The normalized spacial score (nSPS) is 11.1. The molecular weight excluding hydrogens is 562 g/mol. The molecule has 11 nitrogen and oxygen atoms in total. The molecule has 45 heavy (non-hydrogen) atoms. The molecular formula is C34H23N11. The van der Waals surface area contributed by atoms with Crippen LogP contribution >= 0.6 is 0 Å². The monoisotopic (exact) mass is 585 g/mol. The Kier molecular flexibility index (Phi) is 6.49. The Labute approximate surface area is 257 Å². The van der Waals surface area contributed by atoms with Gasteiger partial charge in [0.25, 0.3) is 0 Å². The van der Waals surface area contributed by atoms with Crippen molar-refractivity contribution < 1.29 is 0 Å². The van der Waals surface area contributed by atoms with Gasteiger partial charge in [0.05, 0.1) is 27.8 Å². The van der Waals surface area contributed by atoms with Gasteiger partial charge in [0.2, 0.25) is 0 Å². The molecule has 0 saturated carbocycles. The molecule has 0 aliphatic rings. The number of hydrogen-bond acceptors (Lipinski definition) is 10. The van der Waals surface area contributed by atoms with Crippen molar-refractivity contribution in [2.45, 2.75) is 27.7 Å². The fraction of sp³-hybridized carbons (Fsp3) is 0.118. The highest BCUT2D eigenvalue weighted by atomic mass is 15.0. The highest BCUT2D eigenvalue weighted by molar-refractivity contribution is 6.11. The van der Waals surface area contributed by atoms with Crippen LogP contribution in [0.5, 0.6) is 0 Å². The molecule has 4 aromatic heterocycles. The molecule has 0 aliphatic heterocycles. The second kappa shape index (κ2) is 10.7. The van der Waals surface area contributed by atoms with Crippen LogP contribution in [0, 0.1) is 50.4 Å². The van der Waals surface area contributed by atoms with Crippen LogP contribution in [0.1, 0.15) is 34.4 Å². The lowest BCUT2D eigenvalue weighted by Crippen LogP contribution is -2.01. The van der Waals surface area contributed by atoms with Gasteiger partial charge in [0.1, 0.15) is 35.4 Å². The summed E-state index contributed by atoms with van der Waals surface area (Å²) in [7, 11) is 0. The Morgan fingerprint density at radius 1 is 0.533 bits per heavy atom. The third-order valence-electron chi connectivity index (χ3n) is 7.40. The van der Waals surface area contributed by atoms with E-state index in [2.05, 4.69) is 62.6 Å². The SMILES string of the molecule is Cc1nc(C)nc(-c2ccc3c4ccc(-c5nc(C)nc(C)n5)cc4n(-c4ccc(-c5ncc(C#N)cn5)cc4C#N)c3c2)n1. The minimum atomic E-state index is 0.361. The molecule has 0 spiro atoms. The zero-order valence-electron chi connectivity index (χ0n) is 24.8. The van der Waals surface area contributed by atoms with E-state index in [0.717, 1.165) is 32.9 Å². The van der Waals surface area contributed by atoms with E-state index in [4.69, 9.17) is 5.26 Å². The fourth-order valence-corrected chi connectivity index (χ4v) is 5.54. The van der Waals surface area contributed by atoms with Crippen molar-refractivity contribution in [1.82, 2.24) is 44.4 Å². The summed E-state index contributed by atoms with van der Waals surface area (Å²) in [6.45, 7) is 7.38. The second-order valence-electron chi connectivity index (χ2n) is 10.6. The second-order valence-corrected chi connectivity index (χ2v) is 10.6. The van der Waals surface area contributed by atoms with Crippen molar-refractivity contribution in [1.29, 1.82) is 10.5 Å². The molecule has 7 aromatic rings. The maximum Gasteiger partial charge on any atom is 0.163 e. The van der Waals surface area contributed by atoms with Gasteiger partial charge in [-0.05, 0) is 58.0 Å². The fourth-order valence-electron chi connectivity index (χ4n) is 5.54. The summed E-state index contributed by atoms with van der Waals surface area (Å²) in [6, 6.07) is 22.1. The van der Waals surface area contributed by atoms with Crippen LogP contribution in [0.4, 0.5) is 0 Å². The molecule has 0 atom stereocenters. The molecule has 4 heterocycles. The third-order valence-corrected chi connectivity index (χ3v) is 7.40. The smallest absolute Gasteiger partial charge is 0.163 e. The Morgan fingerprint density at radius 3 is 1.47 bits per heavy atom. The lowest BCUT2D eigenvalue weighted by Gasteiger charge is -2.12. The number of nitrogens with zero attached hydrogens (tertiary/aromatic N) is 11. The lowest BCUT2D eigenvalue weighted by molar-refractivity contribution is 0.928. The van der Waals surface area contributed by atoms with Crippen molar-refractivity contribution >= 4 is 21.8 Å². The van der Waals surface area contributed by atoms with Gasteiger partial charge in [-0.2, -0.15) is 10.5 Å². The Bertz CT molecular complexity index is 2250. The van der Waals surface area contributed by atoms with E-state index in [0.29, 0.717) is 63.1 Å². The molecule has 0 bridgehead atoms. The maximum atomic E-state index is 10.4. The van der Waals surface area contributed by atoms with Gasteiger partial charge in [0, 0.05) is 39.9 Å². The first-order chi connectivity index (χ1) is 21.8. The highest BCUT2D eigenvalue weighted by Crippen LogP contribution is 2.37. The summed E-state index contributed by atoms with van der Waals surface area (Å²) in [5.74, 6) is 4.12. The Hall–Kier alpha value is -6.46. The molecule has 0 aliphatic carbocycles. The topological polar surface area (TPSA) is 156 Å². The zero-order chi connectivity index (χ0) is 31.2. The van der Waals surface area contributed by atoms with E-state index in [1.807, 2.05) is 70.2 Å². The minimum Gasteiger partial charge on any atom is -0.308 e. The largest absolute Gasteiger partial charge is 0.308 e. The average Bonchev–Trinajstić information content (AvgIpc) is 3.36. The van der Waals surface area contributed by atoms with E-state index in [-0.39, 0.29) is 0 Å². The van der Waals surface area contributed by atoms with Crippen LogP contribution in [0.15, 0.2) is 67.0 Å². The highest BCUT2D eigenvalue weighted by Gasteiger charge is 2.19. The Balaban J connectivity index is 1.50. The molecule has 11 heteroatoms. The standard InChI is InChI=1S/C34H23N11/c1-18-39-19(2)42-33(41-18)24-5-8-27-28-9-6-25(34-43-20(3)40-21(4)44-34)13-31(28)45(30(27)12-24)29-10-7-23(11-26(29)15-36)32-37-16-22(14-35)17-38-32/h5-13,16-17H,1-4H3. The van der Waals surface area contributed by atoms with Gasteiger partial charge in [-0.1, -0.05) is 24.3 Å². The number of aryl methyl sites for hydroxylation is 4. The lowest BCUT2D eigenvalue weighted by atomic mass is 10.1. The first-order valence-electron chi connectivity index (χ1n) is 14.1. The summed E-state index contributed by atoms with van der Waals surface area (Å²) in [4.78, 5) is 35.7. The molecule has 0 amide bonds. The van der Waals surface area contributed by atoms with Crippen LogP contribution < -0.4 is 0 Å². The number of hydrogen-bond donors (Lipinski definition) is 0. The van der Waals surface area contributed by atoms with Crippen LogP contribution in [0.2, 0.25) is 0 Å². The Morgan fingerprint density at radius 2 is 1.00 bits per heavy atom. The van der Waals surface area contributed by atoms with E-state index in [1.165, 1.54) is 12.4 Å². The molecule has 0 N–H and O–H groups in total. The summed E-state index contributed by atoms with van der Waals surface area (Å²) in [5.41, 5.74) is 5.52. The van der Waals surface area contributed by atoms with Crippen molar-refractivity contribution in [2.75, 3.05) is 0 Å². The van der Waals surface area contributed by atoms with Crippen LogP contribution in [0.25, 0.3) is 61.7 Å².